The van der Waals surface area contributed by atoms with Crippen LogP contribution in [0.25, 0.3) is 0 Å². The molecule has 2 saturated carbocycles. The zero-order valence-corrected chi connectivity index (χ0v) is 10.3. The first-order valence-electron chi connectivity index (χ1n) is 5.95. The summed E-state index contributed by atoms with van der Waals surface area (Å²) in [6.45, 7) is 0. The van der Waals surface area contributed by atoms with Gasteiger partial charge in [-0.2, -0.15) is 0 Å². The molecule has 2 heteroatoms. The Morgan fingerprint density at radius 1 is 1.14 bits per heavy atom. The molecule has 0 aromatic heterocycles. The van der Waals surface area contributed by atoms with Gasteiger partial charge >= 0.3 is 0 Å². The fourth-order valence-electron chi connectivity index (χ4n) is 2.46. The van der Waals surface area contributed by atoms with E-state index < -0.39 is 0 Å². The maximum atomic E-state index is 11.7. The van der Waals surface area contributed by atoms with E-state index in [-0.39, 0.29) is 4.83 Å². The predicted octanol–water partition coefficient (Wildman–Crippen LogP) is 3.70. The molecule has 0 aromatic carbocycles. The van der Waals surface area contributed by atoms with Gasteiger partial charge in [0, 0.05) is 5.92 Å². The van der Waals surface area contributed by atoms with Crippen molar-refractivity contribution in [3.63, 3.8) is 0 Å². The van der Waals surface area contributed by atoms with Crippen molar-refractivity contribution in [2.45, 2.75) is 56.2 Å². The molecule has 0 N–H and O–H groups in total. The van der Waals surface area contributed by atoms with Crippen LogP contribution in [0.3, 0.4) is 0 Å². The number of carbonyl (C=O) groups is 1. The van der Waals surface area contributed by atoms with Crippen molar-refractivity contribution in [2.75, 3.05) is 0 Å². The molecule has 0 aromatic rings. The van der Waals surface area contributed by atoms with Crippen molar-refractivity contribution in [1.82, 2.24) is 0 Å². The van der Waals surface area contributed by atoms with E-state index in [1.165, 1.54) is 32.1 Å². The van der Waals surface area contributed by atoms with Gasteiger partial charge in [-0.25, -0.2) is 0 Å². The zero-order chi connectivity index (χ0) is 9.97. The van der Waals surface area contributed by atoms with E-state index in [1.54, 1.807) is 0 Å². The number of alkyl halides is 1. The van der Waals surface area contributed by atoms with Gasteiger partial charge in [-0.15, -0.1) is 0 Å². The molecule has 0 heterocycles. The first-order chi connectivity index (χ1) is 6.77. The third-order valence-corrected chi connectivity index (χ3v) is 4.38. The van der Waals surface area contributed by atoms with E-state index in [1.807, 2.05) is 0 Å². The first-order valence-corrected chi connectivity index (χ1v) is 6.86. The number of hydrogen-bond acceptors (Lipinski definition) is 1. The lowest BCUT2D eigenvalue weighted by atomic mass is 9.85. The van der Waals surface area contributed by atoms with Gasteiger partial charge in [-0.3, -0.25) is 4.79 Å². The van der Waals surface area contributed by atoms with E-state index in [0.29, 0.717) is 11.7 Å². The summed E-state index contributed by atoms with van der Waals surface area (Å²) in [4.78, 5) is 11.9. The largest absolute Gasteiger partial charge is 0.298 e. The minimum absolute atomic E-state index is 0.165. The molecule has 2 aliphatic carbocycles. The van der Waals surface area contributed by atoms with Crippen LogP contribution < -0.4 is 0 Å². The van der Waals surface area contributed by atoms with Crippen LogP contribution in [0.4, 0.5) is 0 Å². The van der Waals surface area contributed by atoms with Gasteiger partial charge in [0.15, 0.2) is 0 Å². The fourth-order valence-corrected chi connectivity index (χ4v) is 3.36. The summed E-state index contributed by atoms with van der Waals surface area (Å²) < 4.78 is 0. The second-order valence-corrected chi connectivity index (χ2v) is 5.99. The lowest BCUT2D eigenvalue weighted by molar-refractivity contribution is -0.119. The molecule has 0 bridgehead atoms. The summed E-state index contributed by atoms with van der Waals surface area (Å²) in [5.74, 6) is 1.72. The molecule has 0 aliphatic heterocycles. The molecule has 0 amide bonds. The van der Waals surface area contributed by atoms with Gasteiger partial charge in [0.05, 0.1) is 4.83 Å². The quantitative estimate of drug-likeness (QED) is 0.703. The van der Waals surface area contributed by atoms with E-state index >= 15 is 0 Å². The summed E-state index contributed by atoms with van der Waals surface area (Å²) in [5.41, 5.74) is 0. The van der Waals surface area contributed by atoms with Gasteiger partial charge in [-0.1, -0.05) is 48.0 Å². The molecule has 1 nitrogen and oxygen atoms in total. The van der Waals surface area contributed by atoms with Crippen LogP contribution in [0.1, 0.15) is 51.4 Å². The highest BCUT2D eigenvalue weighted by molar-refractivity contribution is 9.10. The Kier molecular flexibility index (Phi) is 3.64. The maximum Gasteiger partial charge on any atom is 0.149 e. The summed E-state index contributed by atoms with van der Waals surface area (Å²) >= 11 is 3.57. The van der Waals surface area contributed by atoms with Gasteiger partial charge in [0.25, 0.3) is 0 Å². The van der Waals surface area contributed by atoms with Gasteiger partial charge in [0.1, 0.15) is 5.78 Å². The average Bonchev–Trinajstić information content (AvgIpc) is 3.01. The number of Topliss-reactive ketones (excluding diaryl/α,β-unsaturated/α-hetero) is 1. The molecule has 1 atom stereocenters. The Bertz CT molecular complexity index is 204. The smallest absolute Gasteiger partial charge is 0.149 e. The predicted molar refractivity (Wildman–Crippen MR) is 61.6 cm³/mol. The molecule has 80 valence electrons. The second-order valence-electron chi connectivity index (χ2n) is 4.88. The van der Waals surface area contributed by atoms with Crippen LogP contribution in [-0.4, -0.2) is 10.6 Å². The number of halogens is 1. The van der Waals surface area contributed by atoms with E-state index in [0.717, 1.165) is 25.2 Å². The van der Waals surface area contributed by atoms with E-state index in [4.69, 9.17) is 0 Å². The molecule has 0 saturated heterocycles. The van der Waals surface area contributed by atoms with Crippen LogP contribution in [0, 0.1) is 11.8 Å². The number of rotatable bonds is 4. The number of carbonyl (C=O) groups excluding carboxylic acids is 1. The van der Waals surface area contributed by atoms with Crippen molar-refractivity contribution in [3.8, 4) is 0 Å². The molecule has 0 unspecified atom stereocenters. The minimum atomic E-state index is 0.165. The highest BCUT2D eigenvalue weighted by atomic mass is 79.9. The summed E-state index contributed by atoms with van der Waals surface area (Å²) in [6.07, 6.45) is 10.2. The van der Waals surface area contributed by atoms with E-state index in [2.05, 4.69) is 15.9 Å². The summed E-state index contributed by atoms with van der Waals surface area (Å²) in [5, 5.41) is 0. The Balaban J connectivity index is 1.74. The SMILES string of the molecule is O=C(C1CC1)[C@@H](Br)CC1CCCCC1. The van der Waals surface area contributed by atoms with Crippen LogP contribution in [0.15, 0.2) is 0 Å². The van der Waals surface area contributed by atoms with Crippen molar-refractivity contribution >= 4 is 21.7 Å². The van der Waals surface area contributed by atoms with Crippen LogP contribution in [0.5, 0.6) is 0 Å². The van der Waals surface area contributed by atoms with Crippen LogP contribution in [0.2, 0.25) is 0 Å². The monoisotopic (exact) mass is 258 g/mol. The number of ketones is 1. The maximum absolute atomic E-state index is 11.7. The topological polar surface area (TPSA) is 17.1 Å². The fraction of sp³-hybridized carbons (Fsp3) is 0.917. The molecule has 0 radical (unpaired) electrons. The Labute approximate surface area is 94.8 Å². The Morgan fingerprint density at radius 3 is 2.36 bits per heavy atom. The van der Waals surface area contributed by atoms with Crippen LogP contribution in [-0.2, 0) is 4.79 Å². The molecule has 2 rings (SSSR count). The average molecular weight is 259 g/mol. The minimum Gasteiger partial charge on any atom is -0.298 e. The first kappa shape index (κ1) is 10.7. The molecule has 2 fully saturated rings. The summed E-state index contributed by atoms with van der Waals surface area (Å²) in [7, 11) is 0. The van der Waals surface area contributed by atoms with Crippen LogP contribution >= 0.6 is 15.9 Å². The van der Waals surface area contributed by atoms with Crippen molar-refractivity contribution in [2.24, 2.45) is 11.8 Å². The highest BCUT2D eigenvalue weighted by Gasteiger charge is 2.34. The molecular weight excluding hydrogens is 240 g/mol. The number of hydrogen-bond donors (Lipinski definition) is 0. The molecule has 14 heavy (non-hydrogen) atoms. The van der Waals surface area contributed by atoms with E-state index in [9.17, 15) is 4.79 Å². The van der Waals surface area contributed by atoms with Gasteiger partial charge in [-0.05, 0) is 25.2 Å². The van der Waals surface area contributed by atoms with Gasteiger partial charge in [0.2, 0.25) is 0 Å². The zero-order valence-electron chi connectivity index (χ0n) is 8.68. The van der Waals surface area contributed by atoms with Crippen molar-refractivity contribution < 1.29 is 4.79 Å². The standard InChI is InChI=1S/C12H19BrO/c13-11(12(14)10-6-7-10)8-9-4-2-1-3-5-9/h9-11H,1-8H2/t11-/m0/s1. The Morgan fingerprint density at radius 2 is 1.79 bits per heavy atom. The lowest BCUT2D eigenvalue weighted by Gasteiger charge is -2.23. The van der Waals surface area contributed by atoms with Crippen molar-refractivity contribution in [3.05, 3.63) is 0 Å². The third-order valence-electron chi connectivity index (χ3n) is 3.55. The highest BCUT2D eigenvalue weighted by Crippen LogP contribution is 2.36. The third kappa shape index (κ3) is 2.82. The second kappa shape index (κ2) is 4.78. The Hall–Kier alpha value is 0.150. The lowest BCUT2D eigenvalue weighted by Crippen LogP contribution is -2.20. The normalized spacial score (nSPS) is 26.1. The van der Waals surface area contributed by atoms with Crippen molar-refractivity contribution in [1.29, 1.82) is 0 Å². The summed E-state index contributed by atoms with van der Waals surface area (Å²) in [6, 6.07) is 0. The molecular formula is C12H19BrO. The molecule has 2 aliphatic rings. The molecule has 0 spiro atoms. The van der Waals surface area contributed by atoms with Gasteiger partial charge < -0.3 is 0 Å².